The average Bonchev–Trinajstić information content (AvgIpc) is 2.41. The largest absolute Gasteiger partial charge is 0.506 e. The first-order valence-electron chi connectivity index (χ1n) is 6.88. The van der Waals surface area contributed by atoms with E-state index in [0.717, 1.165) is 11.5 Å². The lowest BCUT2D eigenvalue weighted by Crippen LogP contribution is -2.34. The lowest BCUT2D eigenvalue weighted by Gasteiger charge is -2.28. The van der Waals surface area contributed by atoms with Crippen LogP contribution in [0.3, 0.4) is 0 Å². The maximum absolute atomic E-state index is 9.85. The minimum absolute atomic E-state index is 0.211. The Balaban J connectivity index is 1.88. The van der Waals surface area contributed by atoms with Gasteiger partial charge in [-0.3, -0.25) is 0 Å². The maximum Gasteiger partial charge on any atom is 0.138 e. The monoisotopic (exact) mass is 267 g/mol. The molecule has 1 atom stereocenters. The van der Waals surface area contributed by atoms with E-state index >= 15 is 0 Å². The van der Waals surface area contributed by atoms with Gasteiger partial charge in [0.2, 0.25) is 0 Å². The topological polar surface area (TPSA) is 32.3 Å². The number of benzene rings is 1. The van der Waals surface area contributed by atoms with Gasteiger partial charge in [0.05, 0.1) is 5.02 Å². The van der Waals surface area contributed by atoms with Crippen LogP contribution in [-0.4, -0.2) is 11.1 Å². The van der Waals surface area contributed by atoms with Gasteiger partial charge >= 0.3 is 0 Å². The molecule has 3 heteroatoms. The lowest BCUT2D eigenvalue weighted by molar-refractivity contribution is 0.280. The molecule has 0 heterocycles. The zero-order chi connectivity index (χ0) is 13.0. The van der Waals surface area contributed by atoms with Crippen LogP contribution < -0.4 is 5.32 Å². The molecule has 1 aromatic carbocycles. The Hall–Kier alpha value is -0.730. The van der Waals surface area contributed by atoms with Crippen molar-refractivity contribution in [3.05, 3.63) is 28.8 Å². The van der Waals surface area contributed by atoms with Crippen molar-refractivity contribution in [2.75, 3.05) is 0 Å². The van der Waals surface area contributed by atoms with Crippen LogP contribution in [0.1, 0.15) is 44.6 Å². The Morgan fingerprint density at radius 3 is 2.78 bits per heavy atom. The standard InChI is InChI=1S/C15H22ClNO/c1-11(12-6-3-2-4-7-12)17-10-13-8-5-9-14(16)15(13)18/h5,8-9,11-12,17-18H,2-4,6-7,10H2,1H3/t11-/m1/s1. The van der Waals surface area contributed by atoms with E-state index in [1.54, 1.807) is 6.07 Å². The highest BCUT2D eigenvalue weighted by atomic mass is 35.5. The zero-order valence-electron chi connectivity index (χ0n) is 11.0. The summed E-state index contributed by atoms with van der Waals surface area (Å²) in [5.41, 5.74) is 0.880. The normalized spacial score (nSPS) is 18.8. The number of hydrogen-bond acceptors (Lipinski definition) is 2. The van der Waals surface area contributed by atoms with E-state index < -0.39 is 0 Å². The van der Waals surface area contributed by atoms with E-state index in [2.05, 4.69) is 12.2 Å². The van der Waals surface area contributed by atoms with Gasteiger partial charge in [-0.2, -0.15) is 0 Å². The highest BCUT2D eigenvalue weighted by Crippen LogP contribution is 2.28. The van der Waals surface area contributed by atoms with Crippen molar-refractivity contribution in [2.24, 2.45) is 5.92 Å². The Bertz CT molecular complexity index is 388. The van der Waals surface area contributed by atoms with E-state index in [0.29, 0.717) is 17.6 Å². The fraction of sp³-hybridized carbons (Fsp3) is 0.600. The summed E-state index contributed by atoms with van der Waals surface area (Å²) in [6.45, 7) is 2.93. The molecule has 2 N–H and O–H groups in total. The molecule has 1 saturated carbocycles. The van der Waals surface area contributed by atoms with E-state index in [-0.39, 0.29) is 5.75 Å². The van der Waals surface area contributed by atoms with Crippen molar-refractivity contribution in [1.82, 2.24) is 5.32 Å². The molecule has 0 bridgehead atoms. The van der Waals surface area contributed by atoms with E-state index in [4.69, 9.17) is 11.6 Å². The first-order valence-corrected chi connectivity index (χ1v) is 7.26. The van der Waals surface area contributed by atoms with Gasteiger partial charge in [0, 0.05) is 18.2 Å². The highest BCUT2D eigenvalue weighted by Gasteiger charge is 2.19. The average molecular weight is 268 g/mol. The van der Waals surface area contributed by atoms with Gasteiger partial charge in [-0.25, -0.2) is 0 Å². The number of hydrogen-bond donors (Lipinski definition) is 2. The third-order valence-corrected chi connectivity index (χ3v) is 4.35. The number of aromatic hydroxyl groups is 1. The predicted molar refractivity (Wildman–Crippen MR) is 76.0 cm³/mol. The van der Waals surface area contributed by atoms with Crippen LogP contribution in [0.4, 0.5) is 0 Å². The van der Waals surface area contributed by atoms with Gasteiger partial charge in [0.15, 0.2) is 0 Å². The molecule has 0 aromatic heterocycles. The molecular weight excluding hydrogens is 246 g/mol. The number of halogens is 1. The van der Waals surface area contributed by atoms with Crippen molar-refractivity contribution in [2.45, 2.75) is 51.6 Å². The molecule has 0 spiro atoms. The minimum Gasteiger partial charge on any atom is -0.506 e. The summed E-state index contributed by atoms with van der Waals surface area (Å²) in [6, 6.07) is 6.01. The molecule has 1 aromatic rings. The number of phenolic OH excluding ortho intramolecular Hbond substituents is 1. The smallest absolute Gasteiger partial charge is 0.138 e. The number of nitrogens with one attached hydrogen (secondary N) is 1. The third-order valence-electron chi connectivity index (χ3n) is 4.04. The third kappa shape index (κ3) is 3.39. The minimum atomic E-state index is 0.211. The van der Waals surface area contributed by atoms with E-state index in [1.165, 1.54) is 32.1 Å². The second kappa shape index (κ2) is 6.44. The quantitative estimate of drug-likeness (QED) is 0.861. The lowest BCUT2D eigenvalue weighted by atomic mass is 9.84. The Morgan fingerprint density at radius 1 is 1.33 bits per heavy atom. The molecule has 0 saturated heterocycles. The van der Waals surface area contributed by atoms with Gasteiger partial charge in [0.1, 0.15) is 5.75 Å². The molecule has 1 fully saturated rings. The summed E-state index contributed by atoms with van der Waals surface area (Å²) in [4.78, 5) is 0. The number of para-hydroxylation sites is 1. The summed E-state index contributed by atoms with van der Waals surface area (Å²) in [6.07, 6.45) is 6.77. The molecule has 0 amide bonds. The zero-order valence-corrected chi connectivity index (χ0v) is 11.7. The number of rotatable bonds is 4. The molecular formula is C15H22ClNO. The Morgan fingerprint density at radius 2 is 2.06 bits per heavy atom. The second-order valence-electron chi connectivity index (χ2n) is 5.32. The van der Waals surface area contributed by atoms with Gasteiger partial charge in [-0.1, -0.05) is 43.0 Å². The maximum atomic E-state index is 9.85. The summed E-state index contributed by atoms with van der Waals surface area (Å²) in [5.74, 6) is 0.989. The SMILES string of the molecule is C[C@@H](NCc1cccc(Cl)c1O)C1CCCCC1. The molecule has 1 aliphatic carbocycles. The fourth-order valence-corrected chi connectivity index (χ4v) is 2.97. The van der Waals surface area contributed by atoms with Crippen LogP contribution in [-0.2, 0) is 6.54 Å². The van der Waals surface area contributed by atoms with Gasteiger partial charge < -0.3 is 10.4 Å². The van der Waals surface area contributed by atoms with Crippen molar-refractivity contribution < 1.29 is 5.11 Å². The Kier molecular flexibility index (Phi) is 4.90. The molecule has 2 nitrogen and oxygen atoms in total. The van der Waals surface area contributed by atoms with Gasteiger partial charge in [-0.15, -0.1) is 0 Å². The summed E-state index contributed by atoms with van der Waals surface area (Å²) in [7, 11) is 0. The fourth-order valence-electron chi connectivity index (χ4n) is 2.77. The molecule has 100 valence electrons. The van der Waals surface area contributed by atoms with E-state index in [1.807, 2.05) is 12.1 Å². The van der Waals surface area contributed by atoms with Crippen LogP contribution >= 0.6 is 11.6 Å². The molecule has 0 radical (unpaired) electrons. The van der Waals surface area contributed by atoms with Crippen molar-refractivity contribution >= 4 is 11.6 Å². The van der Waals surface area contributed by atoms with E-state index in [9.17, 15) is 5.11 Å². The first-order chi connectivity index (χ1) is 8.68. The second-order valence-corrected chi connectivity index (χ2v) is 5.72. The van der Waals surface area contributed by atoms with Crippen LogP contribution in [0.2, 0.25) is 5.02 Å². The molecule has 2 rings (SSSR count). The Labute approximate surface area is 114 Å². The van der Waals surface area contributed by atoms with Crippen LogP contribution in [0.25, 0.3) is 0 Å². The summed E-state index contributed by atoms with van der Waals surface area (Å²) < 4.78 is 0. The number of phenols is 1. The van der Waals surface area contributed by atoms with Crippen LogP contribution in [0.15, 0.2) is 18.2 Å². The summed E-state index contributed by atoms with van der Waals surface area (Å²) >= 11 is 5.90. The highest BCUT2D eigenvalue weighted by molar-refractivity contribution is 6.32. The van der Waals surface area contributed by atoms with Gasteiger partial charge in [-0.05, 0) is 31.7 Å². The van der Waals surface area contributed by atoms with Crippen molar-refractivity contribution in [1.29, 1.82) is 0 Å². The summed E-state index contributed by atoms with van der Waals surface area (Å²) in [5, 5.41) is 13.8. The molecule has 18 heavy (non-hydrogen) atoms. The predicted octanol–water partition coefficient (Wildman–Crippen LogP) is 4.10. The van der Waals surface area contributed by atoms with Crippen LogP contribution in [0.5, 0.6) is 5.75 Å². The van der Waals surface area contributed by atoms with Crippen molar-refractivity contribution in [3.63, 3.8) is 0 Å². The van der Waals surface area contributed by atoms with Crippen molar-refractivity contribution in [3.8, 4) is 5.75 Å². The molecule has 0 aliphatic heterocycles. The molecule has 1 aliphatic rings. The van der Waals surface area contributed by atoms with Gasteiger partial charge in [0.25, 0.3) is 0 Å². The molecule has 0 unspecified atom stereocenters. The first kappa shape index (κ1) is 13.7. The van der Waals surface area contributed by atoms with Crippen LogP contribution in [0, 0.1) is 5.92 Å².